The van der Waals surface area contributed by atoms with Crippen molar-refractivity contribution in [1.29, 1.82) is 0 Å². The van der Waals surface area contributed by atoms with Gasteiger partial charge in [0.15, 0.2) is 15.4 Å². The van der Waals surface area contributed by atoms with E-state index in [9.17, 15) is 8.42 Å². The third-order valence-corrected chi connectivity index (χ3v) is 5.82. The first-order chi connectivity index (χ1) is 8.12. The van der Waals surface area contributed by atoms with Crippen LogP contribution in [0.15, 0.2) is 33.9 Å². The van der Waals surface area contributed by atoms with E-state index in [0.29, 0.717) is 11.6 Å². The first kappa shape index (κ1) is 11.1. The van der Waals surface area contributed by atoms with Crippen molar-refractivity contribution in [3.63, 3.8) is 0 Å². The molecule has 17 heavy (non-hydrogen) atoms. The zero-order valence-corrected chi connectivity index (χ0v) is 10.6. The second-order valence-electron chi connectivity index (χ2n) is 4.09. The summed E-state index contributed by atoms with van der Waals surface area (Å²) in [5.41, 5.74) is 1.56. The number of thioether (sulfide) groups is 1. The average Bonchev–Trinajstić information content (AvgIpc) is 2.81. The molecule has 1 aliphatic rings. The lowest BCUT2D eigenvalue weighted by Gasteiger charge is -2.01. The van der Waals surface area contributed by atoms with Crippen LogP contribution in [-0.2, 0) is 9.84 Å². The molecule has 1 fully saturated rings. The predicted molar refractivity (Wildman–Crippen MR) is 66.9 cm³/mol. The molecule has 4 nitrogen and oxygen atoms in total. The zero-order chi connectivity index (χ0) is 11.9. The molecule has 0 amide bonds. The van der Waals surface area contributed by atoms with Gasteiger partial charge < -0.3 is 4.42 Å². The van der Waals surface area contributed by atoms with Gasteiger partial charge in [0.05, 0.1) is 11.5 Å². The van der Waals surface area contributed by atoms with Crippen LogP contribution >= 0.6 is 11.8 Å². The third-order valence-electron chi connectivity index (χ3n) is 2.73. The van der Waals surface area contributed by atoms with Crippen LogP contribution in [0.1, 0.15) is 6.42 Å². The van der Waals surface area contributed by atoms with E-state index in [1.807, 2.05) is 24.3 Å². The minimum Gasteiger partial charge on any atom is -0.431 e. The van der Waals surface area contributed by atoms with Crippen molar-refractivity contribution in [2.24, 2.45) is 0 Å². The normalized spacial score (nSPS) is 23.2. The van der Waals surface area contributed by atoms with Crippen LogP contribution in [-0.4, -0.2) is 30.2 Å². The van der Waals surface area contributed by atoms with Crippen LogP contribution in [0.5, 0.6) is 0 Å². The molecular weight excluding hydrogens is 258 g/mol. The Morgan fingerprint density at radius 2 is 2.18 bits per heavy atom. The Morgan fingerprint density at radius 1 is 1.35 bits per heavy atom. The fourth-order valence-electron chi connectivity index (χ4n) is 1.90. The highest BCUT2D eigenvalue weighted by molar-refractivity contribution is 8.01. The molecule has 2 aromatic rings. The SMILES string of the molecule is O=S1(=O)CC[C@@H](Sc2nc3ccccc3o2)C1. The maximum absolute atomic E-state index is 11.3. The Kier molecular flexibility index (Phi) is 2.63. The number of benzene rings is 1. The number of fused-ring (bicyclic) bond motifs is 1. The quantitative estimate of drug-likeness (QED) is 0.835. The van der Waals surface area contributed by atoms with E-state index in [1.165, 1.54) is 11.8 Å². The monoisotopic (exact) mass is 269 g/mol. The first-order valence-corrected chi connectivity index (χ1v) is 8.05. The molecule has 90 valence electrons. The van der Waals surface area contributed by atoms with E-state index in [2.05, 4.69) is 4.98 Å². The van der Waals surface area contributed by atoms with E-state index in [4.69, 9.17) is 4.42 Å². The van der Waals surface area contributed by atoms with E-state index in [1.54, 1.807) is 0 Å². The summed E-state index contributed by atoms with van der Waals surface area (Å²) in [6, 6.07) is 7.54. The van der Waals surface area contributed by atoms with Crippen molar-refractivity contribution in [3.05, 3.63) is 24.3 Å². The summed E-state index contributed by atoms with van der Waals surface area (Å²) in [5.74, 6) is 0.515. The van der Waals surface area contributed by atoms with Crippen molar-refractivity contribution >= 4 is 32.7 Å². The largest absolute Gasteiger partial charge is 0.431 e. The van der Waals surface area contributed by atoms with Crippen LogP contribution in [0.25, 0.3) is 11.1 Å². The van der Waals surface area contributed by atoms with E-state index < -0.39 is 9.84 Å². The Morgan fingerprint density at radius 3 is 2.88 bits per heavy atom. The molecule has 0 bridgehead atoms. The molecule has 0 radical (unpaired) electrons. The standard InChI is InChI=1S/C11H11NO3S2/c13-17(14)6-5-8(7-17)16-11-12-9-3-1-2-4-10(9)15-11/h1-4,8H,5-7H2/t8-/m1/s1. The number of oxazole rings is 1. The molecule has 0 spiro atoms. The molecule has 0 aliphatic carbocycles. The summed E-state index contributed by atoms with van der Waals surface area (Å²) in [4.78, 5) is 4.33. The highest BCUT2D eigenvalue weighted by Crippen LogP contribution is 2.32. The summed E-state index contributed by atoms with van der Waals surface area (Å²) < 4.78 is 28.2. The predicted octanol–water partition coefficient (Wildman–Crippen LogP) is 2.11. The maximum atomic E-state index is 11.3. The topological polar surface area (TPSA) is 60.2 Å². The minimum absolute atomic E-state index is 0.0769. The van der Waals surface area contributed by atoms with E-state index >= 15 is 0 Å². The summed E-state index contributed by atoms with van der Waals surface area (Å²) in [6.07, 6.45) is 0.686. The molecule has 1 aliphatic heterocycles. The van der Waals surface area contributed by atoms with Crippen molar-refractivity contribution < 1.29 is 12.8 Å². The molecule has 0 saturated carbocycles. The fourth-order valence-corrected chi connectivity index (χ4v) is 5.29. The lowest BCUT2D eigenvalue weighted by Crippen LogP contribution is -2.05. The van der Waals surface area contributed by atoms with Gasteiger partial charge in [-0.3, -0.25) is 0 Å². The van der Waals surface area contributed by atoms with Crippen LogP contribution in [0.4, 0.5) is 0 Å². The van der Waals surface area contributed by atoms with Gasteiger partial charge in [0.1, 0.15) is 5.52 Å². The zero-order valence-electron chi connectivity index (χ0n) is 9.00. The number of nitrogens with zero attached hydrogens (tertiary/aromatic N) is 1. The second kappa shape index (κ2) is 4.03. The van der Waals surface area contributed by atoms with Gasteiger partial charge in [0.2, 0.25) is 0 Å². The molecule has 3 rings (SSSR count). The van der Waals surface area contributed by atoms with Crippen molar-refractivity contribution in [1.82, 2.24) is 4.98 Å². The molecule has 1 saturated heterocycles. The van der Waals surface area contributed by atoms with Crippen molar-refractivity contribution in [2.75, 3.05) is 11.5 Å². The Labute approximate surface area is 103 Å². The van der Waals surface area contributed by atoms with Gasteiger partial charge in [0, 0.05) is 5.25 Å². The average molecular weight is 269 g/mol. The summed E-state index contributed by atoms with van der Waals surface area (Å²) in [7, 11) is -2.84. The van der Waals surface area contributed by atoms with Gasteiger partial charge in [-0.1, -0.05) is 23.9 Å². The number of para-hydroxylation sites is 2. The molecule has 6 heteroatoms. The van der Waals surface area contributed by atoms with E-state index in [-0.39, 0.29) is 16.8 Å². The van der Waals surface area contributed by atoms with Gasteiger partial charge >= 0.3 is 0 Å². The number of hydrogen-bond acceptors (Lipinski definition) is 5. The lowest BCUT2D eigenvalue weighted by molar-refractivity contribution is 0.488. The Balaban J connectivity index is 1.81. The number of hydrogen-bond donors (Lipinski definition) is 0. The number of sulfone groups is 1. The van der Waals surface area contributed by atoms with Gasteiger partial charge in [-0.15, -0.1) is 0 Å². The van der Waals surface area contributed by atoms with Gasteiger partial charge in [0.25, 0.3) is 5.22 Å². The van der Waals surface area contributed by atoms with Crippen LogP contribution in [0.3, 0.4) is 0 Å². The molecule has 0 N–H and O–H groups in total. The first-order valence-electron chi connectivity index (χ1n) is 5.35. The highest BCUT2D eigenvalue weighted by atomic mass is 32.2. The third kappa shape index (κ3) is 2.32. The van der Waals surface area contributed by atoms with Crippen LogP contribution in [0, 0.1) is 0 Å². The van der Waals surface area contributed by atoms with Crippen molar-refractivity contribution in [2.45, 2.75) is 16.9 Å². The summed E-state index contributed by atoms with van der Waals surface area (Å²) in [5, 5.41) is 0.640. The highest BCUT2D eigenvalue weighted by Gasteiger charge is 2.29. The Bertz CT molecular complexity index is 615. The Hall–Kier alpha value is -1.01. The minimum atomic E-state index is -2.84. The van der Waals surface area contributed by atoms with Gasteiger partial charge in [-0.25, -0.2) is 13.4 Å². The summed E-state index contributed by atoms with van der Waals surface area (Å²) >= 11 is 1.42. The van der Waals surface area contributed by atoms with Gasteiger partial charge in [-0.2, -0.15) is 0 Å². The molecular formula is C11H11NO3S2. The number of rotatable bonds is 2. The smallest absolute Gasteiger partial charge is 0.257 e. The maximum Gasteiger partial charge on any atom is 0.257 e. The summed E-state index contributed by atoms with van der Waals surface area (Å²) in [6.45, 7) is 0. The van der Waals surface area contributed by atoms with E-state index in [0.717, 1.165) is 11.1 Å². The molecule has 1 aromatic carbocycles. The fraction of sp³-hybridized carbons (Fsp3) is 0.364. The molecule has 0 unspecified atom stereocenters. The molecule has 2 heterocycles. The van der Waals surface area contributed by atoms with Gasteiger partial charge in [-0.05, 0) is 18.6 Å². The molecule has 1 aromatic heterocycles. The second-order valence-corrected chi connectivity index (χ2v) is 7.57. The van der Waals surface area contributed by atoms with Crippen molar-refractivity contribution in [3.8, 4) is 0 Å². The lowest BCUT2D eigenvalue weighted by atomic mass is 10.3. The number of aromatic nitrogens is 1. The van der Waals surface area contributed by atoms with Crippen LogP contribution < -0.4 is 0 Å². The van der Waals surface area contributed by atoms with Crippen LogP contribution in [0.2, 0.25) is 0 Å². The molecule has 1 atom stereocenters.